The van der Waals surface area contributed by atoms with Crippen LogP contribution in [-0.2, 0) is 27.2 Å². The lowest BCUT2D eigenvalue weighted by Gasteiger charge is -2.41. The molecule has 2 aromatic carbocycles. The highest BCUT2D eigenvalue weighted by Crippen LogP contribution is 2.40. The number of benzene rings is 2. The Morgan fingerprint density at radius 3 is 1.97 bits per heavy atom. The third-order valence-corrected chi connectivity index (χ3v) is 6.00. The molecule has 0 radical (unpaired) electrons. The van der Waals surface area contributed by atoms with Gasteiger partial charge in [0.1, 0.15) is 6.10 Å². The van der Waals surface area contributed by atoms with Gasteiger partial charge >= 0.3 is 12.4 Å². The summed E-state index contributed by atoms with van der Waals surface area (Å²) >= 11 is 0. The van der Waals surface area contributed by atoms with E-state index >= 15 is 0 Å². The van der Waals surface area contributed by atoms with Crippen molar-refractivity contribution in [1.82, 2.24) is 5.01 Å². The third-order valence-electron chi connectivity index (χ3n) is 6.00. The molecule has 10 heteroatoms. The Morgan fingerprint density at radius 2 is 1.48 bits per heavy atom. The van der Waals surface area contributed by atoms with E-state index in [1.165, 1.54) is 7.11 Å². The Balaban J connectivity index is 1.94. The first-order valence-corrected chi connectivity index (χ1v) is 10.4. The van der Waals surface area contributed by atoms with E-state index in [1.54, 1.807) is 5.01 Å². The Kier molecular flexibility index (Phi) is 7.73. The number of hydrogen-bond acceptors (Lipinski definition) is 4. The molecule has 1 heterocycles. The van der Waals surface area contributed by atoms with E-state index in [1.807, 2.05) is 30.3 Å². The molecule has 2 aromatic rings. The molecule has 0 aliphatic carbocycles. The van der Waals surface area contributed by atoms with Crippen LogP contribution in [0.15, 0.2) is 48.5 Å². The second-order valence-corrected chi connectivity index (χ2v) is 8.28. The van der Waals surface area contributed by atoms with Gasteiger partial charge in [-0.25, -0.2) is 5.01 Å². The van der Waals surface area contributed by atoms with Gasteiger partial charge in [-0.05, 0) is 42.2 Å². The largest absolute Gasteiger partial charge is 0.416 e. The van der Waals surface area contributed by atoms with Gasteiger partial charge in [-0.2, -0.15) is 26.3 Å². The van der Waals surface area contributed by atoms with Gasteiger partial charge in [0.2, 0.25) is 0 Å². The summed E-state index contributed by atoms with van der Waals surface area (Å²) in [4.78, 5) is 0. The Bertz CT molecular complexity index is 877. The molecule has 1 aliphatic rings. The molecule has 0 aromatic heterocycles. The molecule has 0 amide bonds. The molecular formula is C23H26F6N2O2. The van der Waals surface area contributed by atoms with Crippen LogP contribution in [-0.4, -0.2) is 38.4 Å². The molecule has 0 spiro atoms. The summed E-state index contributed by atoms with van der Waals surface area (Å²) in [6, 6.07) is 11.0. The van der Waals surface area contributed by atoms with Crippen molar-refractivity contribution in [1.29, 1.82) is 0 Å². The summed E-state index contributed by atoms with van der Waals surface area (Å²) in [5.74, 6) is 5.90. The first-order chi connectivity index (χ1) is 15.4. The number of hydrazine groups is 1. The summed E-state index contributed by atoms with van der Waals surface area (Å²) in [7, 11) is 1.31. The highest BCUT2D eigenvalue weighted by molar-refractivity contribution is 5.35. The van der Waals surface area contributed by atoms with E-state index in [0.717, 1.165) is 5.56 Å². The molecule has 1 aliphatic heterocycles. The average Bonchev–Trinajstić information content (AvgIpc) is 2.77. The van der Waals surface area contributed by atoms with Crippen LogP contribution in [0.5, 0.6) is 0 Å². The van der Waals surface area contributed by atoms with Crippen molar-refractivity contribution >= 4 is 0 Å². The number of alkyl halides is 6. The summed E-state index contributed by atoms with van der Waals surface area (Å²) in [5.41, 5.74) is -2.50. The van der Waals surface area contributed by atoms with Gasteiger partial charge in [-0.15, -0.1) is 0 Å². The minimum atomic E-state index is -4.94. The second kappa shape index (κ2) is 10.0. The molecular weight excluding hydrogens is 450 g/mol. The minimum absolute atomic E-state index is 0.0937. The van der Waals surface area contributed by atoms with Gasteiger partial charge in [-0.1, -0.05) is 30.3 Å². The predicted molar refractivity (Wildman–Crippen MR) is 110 cm³/mol. The number of hydrogen-bond donors (Lipinski definition) is 1. The van der Waals surface area contributed by atoms with Crippen molar-refractivity contribution in [3.8, 4) is 0 Å². The molecule has 1 unspecified atom stereocenters. The molecule has 1 fully saturated rings. The smallest absolute Gasteiger partial charge is 0.382 e. The van der Waals surface area contributed by atoms with E-state index in [2.05, 4.69) is 0 Å². The first kappa shape index (κ1) is 25.5. The average molecular weight is 476 g/mol. The molecule has 182 valence electrons. The highest BCUT2D eigenvalue weighted by atomic mass is 19.4. The zero-order chi connectivity index (χ0) is 24.3. The van der Waals surface area contributed by atoms with Crippen LogP contribution in [0.4, 0.5) is 26.3 Å². The third kappa shape index (κ3) is 6.26. The number of nitrogens with zero attached hydrogens (tertiary/aromatic N) is 1. The topological polar surface area (TPSA) is 47.7 Å². The number of ether oxygens (including phenoxy) is 2. The standard InChI is InChI=1S/C23H26F6N2O2/c1-32-14-20(16-11-18(22(24,25)26)13-19(12-16)23(27,28)29)33-15-21(7-9-31(30)10-8-21)17-5-3-2-4-6-17/h2-6,11-13,20H,7-10,14-15,30H2,1H3. The maximum Gasteiger partial charge on any atom is 0.416 e. The summed E-state index contributed by atoms with van der Waals surface area (Å²) in [5, 5.41) is 1.68. The maximum absolute atomic E-state index is 13.3. The molecule has 4 nitrogen and oxygen atoms in total. The highest BCUT2D eigenvalue weighted by Gasteiger charge is 2.39. The van der Waals surface area contributed by atoms with E-state index in [-0.39, 0.29) is 24.8 Å². The summed E-state index contributed by atoms with van der Waals surface area (Å²) in [6.45, 7) is 1.05. The first-order valence-electron chi connectivity index (χ1n) is 10.4. The van der Waals surface area contributed by atoms with Crippen LogP contribution in [0.2, 0.25) is 0 Å². The van der Waals surface area contributed by atoms with Crippen molar-refractivity contribution in [2.45, 2.75) is 36.7 Å². The number of methoxy groups -OCH3 is 1. The zero-order valence-corrected chi connectivity index (χ0v) is 18.0. The van der Waals surface area contributed by atoms with E-state index in [4.69, 9.17) is 15.3 Å². The SMILES string of the molecule is COCC(OCC1(c2ccccc2)CCN(N)CC1)c1cc(C(F)(F)F)cc(C(F)(F)F)c1. The summed E-state index contributed by atoms with van der Waals surface area (Å²) < 4.78 is 91.1. The lowest BCUT2D eigenvalue weighted by Crippen LogP contribution is -2.48. The van der Waals surface area contributed by atoms with E-state index in [9.17, 15) is 26.3 Å². The van der Waals surface area contributed by atoms with Crippen molar-refractivity contribution in [2.24, 2.45) is 5.84 Å². The minimum Gasteiger partial charge on any atom is -0.382 e. The van der Waals surface area contributed by atoms with Crippen molar-refractivity contribution < 1.29 is 35.8 Å². The van der Waals surface area contributed by atoms with Crippen LogP contribution in [0.3, 0.4) is 0 Å². The fourth-order valence-corrected chi connectivity index (χ4v) is 4.08. The van der Waals surface area contributed by atoms with Crippen molar-refractivity contribution in [3.63, 3.8) is 0 Å². The van der Waals surface area contributed by atoms with Crippen LogP contribution in [0.25, 0.3) is 0 Å². The van der Waals surface area contributed by atoms with Crippen molar-refractivity contribution in [3.05, 3.63) is 70.8 Å². The van der Waals surface area contributed by atoms with Gasteiger partial charge < -0.3 is 9.47 Å². The fourth-order valence-electron chi connectivity index (χ4n) is 4.08. The van der Waals surface area contributed by atoms with Gasteiger partial charge in [0.15, 0.2) is 0 Å². The zero-order valence-electron chi connectivity index (χ0n) is 18.0. The molecule has 0 saturated carbocycles. The quantitative estimate of drug-likeness (QED) is 0.433. The van der Waals surface area contributed by atoms with Gasteiger partial charge in [0, 0.05) is 25.6 Å². The predicted octanol–water partition coefficient (Wildman–Crippen LogP) is 5.34. The summed E-state index contributed by atoms with van der Waals surface area (Å²) in [6.07, 6.45) is -9.73. The van der Waals surface area contributed by atoms with Crippen LogP contribution < -0.4 is 5.84 Å². The normalized spacial score (nSPS) is 18.3. The Hall–Kier alpha value is -2.14. The number of nitrogens with two attached hydrogens (primary N) is 1. The van der Waals surface area contributed by atoms with Crippen LogP contribution in [0, 0.1) is 0 Å². The number of rotatable bonds is 7. The molecule has 33 heavy (non-hydrogen) atoms. The van der Waals surface area contributed by atoms with E-state index in [0.29, 0.717) is 38.1 Å². The monoisotopic (exact) mass is 476 g/mol. The second-order valence-electron chi connectivity index (χ2n) is 8.28. The van der Waals surface area contributed by atoms with Crippen molar-refractivity contribution in [2.75, 3.05) is 33.4 Å². The van der Waals surface area contributed by atoms with Gasteiger partial charge in [0.05, 0.1) is 24.3 Å². The molecule has 1 saturated heterocycles. The number of piperidine rings is 1. The molecule has 0 bridgehead atoms. The molecule has 2 N–H and O–H groups in total. The van der Waals surface area contributed by atoms with E-state index < -0.39 is 35.0 Å². The Morgan fingerprint density at radius 1 is 0.939 bits per heavy atom. The van der Waals surface area contributed by atoms with Gasteiger partial charge in [-0.3, -0.25) is 5.84 Å². The Labute approximate surface area is 188 Å². The lowest BCUT2D eigenvalue weighted by atomic mass is 9.73. The fraction of sp³-hybridized carbons (Fsp3) is 0.478. The molecule has 1 atom stereocenters. The molecule has 3 rings (SSSR count). The van der Waals surface area contributed by atoms with Gasteiger partial charge in [0.25, 0.3) is 0 Å². The maximum atomic E-state index is 13.3. The number of halogens is 6. The van der Waals surface area contributed by atoms with Crippen LogP contribution >= 0.6 is 0 Å². The lowest BCUT2D eigenvalue weighted by molar-refractivity contribution is -0.143. The van der Waals surface area contributed by atoms with Crippen LogP contribution in [0.1, 0.15) is 41.2 Å².